The van der Waals surface area contributed by atoms with Gasteiger partial charge in [0.15, 0.2) is 6.61 Å². The molecule has 166 valence electrons. The van der Waals surface area contributed by atoms with E-state index >= 15 is 0 Å². The average Bonchev–Trinajstić information content (AvgIpc) is 2.80. The molecular weight excluding hydrogens is 406 g/mol. The molecule has 1 atom stereocenters. The molecule has 0 aromatic heterocycles. The quantitative estimate of drug-likeness (QED) is 0.481. The summed E-state index contributed by atoms with van der Waals surface area (Å²) < 4.78 is 16.7. The molecular formula is C26H27NO5. The summed E-state index contributed by atoms with van der Waals surface area (Å²) in [5.41, 5.74) is 3.25. The molecule has 1 amide bonds. The molecule has 3 aromatic rings. The van der Waals surface area contributed by atoms with Crippen LogP contribution < -0.4 is 14.8 Å². The first kappa shape index (κ1) is 22.9. The van der Waals surface area contributed by atoms with Crippen LogP contribution in [-0.4, -0.2) is 25.1 Å². The highest BCUT2D eigenvalue weighted by Crippen LogP contribution is 2.27. The van der Waals surface area contributed by atoms with E-state index in [1.54, 1.807) is 48.5 Å². The maximum absolute atomic E-state index is 13.1. The lowest BCUT2D eigenvalue weighted by atomic mass is 10.1. The average molecular weight is 434 g/mol. The minimum Gasteiger partial charge on any atom is -0.492 e. The highest BCUT2D eigenvalue weighted by Gasteiger charge is 2.26. The smallest absolute Gasteiger partial charge is 0.345 e. The molecule has 0 fully saturated rings. The number of carbonyl (C=O) groups is 2. The predicted octanol–water partition coefficient (Wildman–Crippen LogP) is 5.00. The molecule has 0 aliphatic rings. The van der Waals surface area contributed by atoms with E-state index in [9.17, 15) is 9.59 Å². The summed E-state index contributed by atoms with van der Waals surface area (Å²) >= 11 is 0. The Balaban J connectivity index is 1.72. The van der Waals surface area contributed by atoms with Gasteiger partial charge in [-0.3, -0.25) is 4.79 Å². The number of rotatable bonds is 9. The van der Waals surface area contributed by atoms with Gasteiger partial charge in [-0.25, -0.2) is 4.79 Å². The van der Waals surface area contributed by atoms with Crippen molar-refractivity contribution in [3.8, 4) is 11.5 Å². The van der Waals surface area contributed by atoms with Crippen molar-refractivity contribution in [1.29, 1.82) is 0 Å². The third-order valence-corrected chi connectivity index (χ3v) is 4.87. The second kappa shape index (κ2) is 11.0. The normalized spacial score (nSPS) is 11.3. The number of aryl methyl sites for hydroxylation is 2. The molecule has 32 heavy (non-hydrogen) atoms. The Hall–Kier alpha value is -3.80. The van der Waals surface area contributed by atoms with Crippen LogP contribution in [0.25, 0.3) is 0 Å². The van der Waals surface area contributed by atoms with Gasteiger partial charge in [0.05, 0.1) is 12.3 Å². The van der Waals surface area contributed by atoms with Gasteiger partial charge < -0.3 is 19.5 Å². The van der Waals surface area contributed by atoms with Crippen molar-refractivity contribution in [1.82, 2.24) is 0 Å². The molecule has 6 nitrogen and oxygen atoms in total. The Morgan fingerprint density at radius 2 is 1.59 bits per heavy atom. The lowest BCUT2D eigenvalue weighted by molar-refractivity contribution is -0.156. The number of nitrogens with one attached hydrogen (secondary N) is 1. The zero-order valence-electron chi connectivity index (χ0n) is 18.5. The summed E-state index contributed by atoms with van der Waals surface area (Å²) in [5, 5.41) is 2.80. The molecule has 1 N–H and O–H groups in total. The van der Waals surface area contributed by atoms with E-state index in [1.807, 2.05) is 45.0 Å². The van der Waals surface area contributed by atoms with Crippen molar-refractivity contribution < 1.29 is 23.8 Å². The van der Waals surface area contributed by atoms with Gasteiger partial charge in [-0.2, -0.15) is 0 Å². The van der Waals surface area contributed by atoms with E-state index in [2.05, 4.69) is 5.32 Å². The summed E-state index contributed by atoms with van der Waals surface area (Å²) in [4.78, 5) is 25.6. The zero-order chi connectivity index (χ0) is 22.9. The largest absolute Gasteiger partial charge is 0.492 e. The molecule has 0 aliphatic heterocycles. The highest BCUT2D eigenvalue weighted by atomic mass is 16.6. The molecule has 3 rings (SSSR count). The lowest BCUT2D eigenvalue weighted by Crippen LogP contribution is -2.28. The second-order valence-electron chi connectivity index (χ2n) is 7.23. The molecule has 0 spiro atoms. The van der Waals surface area contributed by atoms with Crippen LogP contribution in [0.3, 0.4) is 0 Å². The second-order valence-corrected chi connectivity index (χ2v) is 7.23. The fraction of sp³-hybridized carbons (Fsp3) is 0.231. The Bertz CT molecular complexity index is 1060. The molecule has 0 saturated heterocycles. The van der Waals surface area contributed by atoms with E-state index in [1.165, 1.54) is 0 Å². The number of amides is 1. The minimum absolute atomic E-state index is 0.311. The summed E-state index contributed by atoms with van der Waals surface area (Å²) in [5.74, 6) is -0.0239. The fourth-order valence-electron chi connectivity index (χ4n) is 3.06. The summed E-state index contributed by atoms with van der Waals surface area (Å²) in [6.07, 6.45) is -1.14. The monoisotopic (exact) mass is 433 g/mol. The molecule has 0 bridgehead atoms. The zero-order valence-corrected chi connectivity index (χ0v) is 18.5. The molecule has 0 aliphatic carbocycles. The standard InChI is InChI=1S/C26H27NO5/c1-4-30-23-13-9-8-12-22(23)27-26(29)25(20-10-6-5-7-11-20)32-24(28)17-31-21-15-14-18(2)19(3)16-21/h5-16,25H,4,17H2,1-3H3,(H,27,29). The van der Waals surface area contributed by atoms with Gasteiger partial charge in [0, 0.05) is 5.56 Å². The first-order chi connectivity index (χ1) is 15.5. The van der Waals surface area contributed by atoms with E-state index in [0.29, 0.717) is 29.4 Å². The molecule has 0 saturated carbocycles. The first-order valence-electron chi connectivity index (χ1n) is 10.4. The molecule has 0 heterocycles. The van der Waals surface area contributed by atoms with Crippen LogP contribution in [0.1, 0.15) is 29.7 Å². The summed E-state index contributed by atoms with van der Waals surface area (Å²) in [6, 6.07) is 21.5. The third-order valence-electron chi connectivity index (χ3n) is 4.87. The minimum atomic E-state index is -1.14. The van der Waals surface area contributed by atoms with Crippen molar-refractivity contribution in [2.24, 2.45) is 0 Å². The van der Waals surface area contributed by atoms with E-state index in [-0.39, 0.29) is 6.61 Å². The van der Waals surface area contributed by atoms with Crippen molar-refractivity contribution in [2.45, 2.75) is 26.9 Å². The van der Waals surface area contributed by atoms with Gasteiger partial charge in [0.2, 0.25) is 6.10 Å². The number of hydrogen-bond donors (Lipinski definition) is 1. The van der Waals surface area contributed by atoms with Gasteiger partial charge in [-0.15, -0.1) is 0 Å². The topological polar surface area (TPSA) is 73.9 Å². The van der Waals surface area contributed by atoms with Gasteiger partial charge in [-0.05, 0) is 56.2 Å². The van der Waals surface area contributed by atoms with Crippen LogP contribution in [0, 0.1) is 13.8 Å². The maximum atomic E-state index is 13.1. The number of ether oxygens (including phenoxy) is 3. The highest BCUT2D eigenvalue weighted by molar-refractivity contribution is 5.97. The number of benzene rings is 3. The van der Waals surface area contributed by atoms with Gasteiger partial charge in [-0.1, -0.05) is 48.5 Å². The SMILES string of the molecule is CCOc1ccccc1NC(=O)C(OC(=O)COc1ccc(C)c(C)c1)c1ccccc1. The molecule has 3 aromatic carbocycles. The lowest BCUT2D eigenvalue weighted by Gasteiger charge is -2.19. The Morgan fingerprint density at radius 1 is 0.875 bits per heavy atom. The van der Waals surface area contributed by atoms with Gasteiger partial charge in [0.25, 0.3) is 5.91 Å². The van der Waals surface area contributed by atoms with Crippen molar-refractivity contribution in [3.05, 3.63) is 89.5 Å². The van der Waals surface area contributed by atoms with E-state index in [0.717, 1.165) is 11.1 Å². The Kier molecular flexibility index (Phi) is 7.86. The predicted molar refractivity (Wildman–Crippen MR) is 123 cm³/mol. The summed E-state index contributed by atoms with van der Waals surface area (Å²) in [7, 11) is 0. The van der Waals surface area contributed by atoms with Crippen LogP contribution in [0.2, 0.25) is 0 Å². The van der Waals surface area contributed by atoms with Crippen molar-refractivity contribution in [3.63, 3.8) is 0 Å². The van der Waals surface area contributed by atoms with E-state index in [4.69, 9.17) is 14.2 Å². The Labute approximate surface area is 188 Å². The van der Waals surface area contributed by atoms with Gasteiger partial charge in [0.1, 0.15) is 11.5 Å². The third kappa shape index (κ3) is 6.11. The number of carbonyl (C=O) groups excluding carboxylic acids is 2. The Morgan fingerprint density at radius 3 is 2.31 bits per heavy atom. The van der Waals surface area contributed by atoms with Crippen LogP contribution in [0.5, 0.6) is 11.5 Å². The van der Waals surface area contributed by atoms with Crippen LogP contribution in [-0.2, 0) is 14.3 Å². The van der Waals surface area contributed by atoms with Crippen molar-refractivity contribution >= 4 is 17.6 Å². The molecule has 6 heteroatoms. The maximum Gasteiger partial charge on any atom is 0.345 e. The number of para-hydroxylation sites is 2. The summed E-state index contributed by atoms with van der Waals surface area (Å²) in [6.45, 7) is 5.98. The van der Waals surface area contributed by atoms with E-state index < -0.39 is 18.0 Å². The van der Waals surface area contributed by atoms with Crippen LogP contribution in [0.4, 0.5) is 5.69 Å². The van der Waals surface area contributed by atoms with Gasteiger partial charge >= 0.3 is 5.97 Å². The first-order valence-corrected chi connectivity index (χ1v) is 10.4. The number of hydrogen-bond acceptors (Lipinski definition) is 5. The fourth-order valence-corrected chi connectivity index (χ4v) is 3.06. The van der Waals surface area contributed by atoms with Crippen molar-refractivity contribution in [2.75, 3.05) is 18.5 Å². The molecule has 1 unspecified atom stereocenters. The number of anilines is 1. The van der Waals surface area contributed by atoms with Crippen LogP contribution in [0.15, 0.2) is 72.8 Å². The molecule has 0 radical (unpaired) electrons. The van der Waals surface area contributed by atoms with Crippen LogP contribution >= 0.6 is 0 Å². The number of esters is 1.